The minimum absolute atomic E-state index is 0.0998. The van der Waals surface area contributed by atoms with Crippen LogP contribution in [0.4, 0.5) is 11.4 Å². The monoisotopic (exact) mass is 266 g/mol. The number of rotatable bonds is 2. The predicted octanol–water partition coefficient (Wildman–Crippen LogP) is 5.31. The van der Waals surface area contributed by atoms with Crippen molar-refractivity contribution in [2.75, 3.05) is 5.32 Å². The summed E-state index contributed by atoms with van der Waals surface area (Å²) in [4.78, 5) is 4.91. The first-order chi connectivity index (χ1) is 9.63. The van der Waals surface area contributed by atoms with Crippen LogP contribution in [0.15, 0.2) is 41.4 Å². The van der Waals surface area contributed by atoms with E-state index in [0.717, 1.165) is 30.6 Å². The van der Waals surface area contributed by atoms with Gasteiger partial charge in [0.05, 0.1) is 11.4 Å². The van der Waals surface area contributed by atoms with Crippen LogP contribution < -0.4 is 5.32 Å². The number of fused-ring (bicyclic) bond motifs is 2. The van der Waals surface area contributed by atoms with E-state index in [1.165, 1.54) is 16.5 Å². The van der Waals surface area contributed by atoms with Gasteiger partial charge in [-0.05, 0) is 42.7 Å². The number of nitrogens with one attached hydrogen (secondary N) is 1. The number of nitrogens with zero attached hydrogens (tertiary/aromatic N) is 1. The zero-order valence-electron chi connectivity index (χ0n) is 12.5. The molecule has 3 rings (SSSR count). The van der Waals surface area contributed by atoms with Crippen molar-refractivity contribution in [3.05, 3.63) is 36.4 Å². The summed E-state index contributed by atoms with van der Waals surface area (Å²) in [5.74, 6) is 0. The van der Waals surface area contributed by atoms with Crippen molar-refractivity contribution in [3.8, 4) is 0 Å². The molecule has 1 unspecified atom stereocenters. The molecule has 104 valence electrons. The molecular weight excluding hydrogens is 244 g/mol. The predicted molar refractivity (Wildman–Crippen MR) is 88.3 cm³/mol. The summed E-state index contributed by atoms with van der Waals surface area (Å²) in [6.07, 6.45) is 3.13. The second kappa shape index (κ2) is 4.93. The van der Waals surface area contributed by atoms with Gasteiger partial charge >= 0.3 is 0 Å². The van der Waals surface area contributed by atoms with Crippen LogP contribution >= 0.6 is 0 Å². The van der Waals surface area contributed by atoms with E-state index in [4.69, 9.17) is 4.99 Å². The zero-order valence-corrected chi connectivity index (χ0v) is 12.5. The molecule has 1 N–H and O–H groups in total. The van der Waals surface area contributed by atoms with E-state index in [0.29, 0.717) is 0 Å². The molecule has 0 aromatic heterocycles. The van der Waals surface area contributed by atoms with Crippen LogP contribution in [0.1, 0.15) is 40.0 Å². The Balaban J connectivity index is 2.19. The summed E-state index contributed by atoms with van der Waals surface area (Å²) >= 11 is 0. The number of hydrogen-bond donors (Lipinski definition) is 1. The van der Waals surface area contributed by atoms with Gasteiger partial charge in [0.25, 0.3) is 0 Å². The van der Waals surface area contributed by atoms with Crippen molar-refractivity contribution >= 4 is 27.9 Å². The Labute approximate surface area is 120 Å². The van der Waals surface area contributed by atoms with E-state index >= 15 is 0 Å². The van der Waals surface area contributed by atoms with Crippen molar-refractivity contribution in [1.82, 2.24) is 0 Å². The lowest BCUT2D eigenvalue weighted by Crippen LogP contribution is -2.35. The van der Waals surface area contributed by atoms with Gasteiger partial charge in [-0.3, -0.25) is 4.99 Å². The smallest absolute Gasteiger partial charge is 0.0866 e. The second-order valence-corrected chi connectivity index (χ2v) is 5.96. The molecule has 0 saturated carbocycles. The third-order valence-corrected chi connectivity index (χ3v) is 4.36. The van der Waals surface area contributed by atoms with Gasteiger partial charge in [0.15, 0.2) is 0 Å². The molecule has 0 saturated heterocycles. The standard InChI is InChI=1S/C18H22N2/c1-4-15-12-18(3,5-2)20-17-11-14-9-7-6-8-13(14)10-16(17)19-15/h6-11,20H,4-5,12H2,1-3H3. The molecule has 0 aliphatic carbocycles. The first-order valence-corrected chi connectivity index (χ1v) is 7.51. The number of hydrogen-bond acceptors (Lipinski definition) is 2. The van der Waals surface area contributed by atoms with Crippen LogP contribution in [0.25, 0.3) is 10.8 Å². The maximum Gasteiger partial charge on any atom is 0.0866 e. The average molecular weight is 266 g/mol. The maximum absolute atomic E-state index is 4.91. The summed E-state index contributed by atoms with van der Waals surface area (Å²) in [7, 11) is 0. The summed E-state index contributed by atoms with van der Waals surface area (Å²) in [6, 6.07) is 12.9. The van der Waals surface area contributed by atoms with Gasteiger partial charge in [-0.25, -0.2) is 0 Å². The third-order valence-electron chi connectivity index (χ3n) is 4.36. The van der Waals surface area contributed by atoms with Gasteiger partial charge in [0.2, 0.25) is 0 Å². The molecule has 20 heavy (non-hydrogen) atoms. The van der Waals surface area contributed by atoms with Crippen LogP contribution in [0, 0.1) is 0 Å². The van der Waals surface area contributed by atoms with Crippen molar-refractivity contribution in [2.45, 2.75) is 45.6 Å². The Bertz CT molecular complexity index is 672. The van der Waals surface area contributed by atoms with Crippen molar-refractivity contribution < 1.29 is 0 Å². The zero-order chi connectivity index (χ0) is 14.2. The number of anilines is 1. The fourth-order valence-corrected chi connectivity index (χ4v) is 2.87. The molecule has 0 bridgehead atoms. The highest BCUT2D eigenvalue weighted by molar-refractivity contribution is 5.96. The Hall–Kier alpha value is -1.83. The van der Waals surface area contributed by atoms with Gasteiger partial charge in [-0.15, -0.1) is 0 Å². The van der Waals surface area contributed by atoms with Gasteiger partial charge in [0, 0.05) is 17.7 Å². The molecule has 2 nitrogen and oxygen atoms in total. The van der Waals surface area contributed by atoms with Crippen molar-refractivity contribution in [2.24, 2.45) is 4.99 Å². The molecular formula is C18H22N2. The number of benzene rings is 2. The van der Waals surface area contributed by atoms with E-state index in [2.05, 4.69) is 62.5 Å². The Morgan fingerprint density at radius 1 is 1.15 bits per heavy atom. The highest BCUT2D eigenvalue weighted by atomic mass is 15.0. The first-order valence-electron chi connectivity index (χ1n) is 7.51. The fraction of sp³-hybridized carbons (Fsp3) is 0.389. The number of aliphatic imine (C=N–C) groups is 1. The SMILES string of the molecule is CCC1=Nc2cc3ccccc3cc2NC(C)(CC)C1. The minimum Gasteiger partial charge on any atom is -0.378 e. The van der Waals surface area contributed by atoms with Crippen LogP contribution in [0.2, 0.25) is 0 Å². The Morgan fingerprint density at radius 2 is 1.85 bits per heavy atom. The summed E-state index contributed by atoms with van der Waals surface area (Å²) < 4.78 is 0. The summed E-state index contributed by atoms with van der Waals surface area (Å²) in [6.45, 7) is 6.73. The van der Waals surface area contributed by atoms with E-state index in [9.17, 15) is 0 Å². The van der Waals surface area contributed by atoms with Crippen molar-refractivity contribution in [3.63, 3.8) is 0 Å². The third kappa shape index (κ3) is 2.31. The molecule has 1 atom stereocenters. The molecule has 2 aromatic carbocycles. The summed E-state index contributed by atoms with van der Waals surface area (Å²) in [5, 5.41) is 6.25. The molecule has 2 aromatic rings. The highest BCUT2D eigenvalue weighted by Crippen LogP contribution is 2.37. The largest absolute Gasteiger partial charge is 0.378 e. The molecule has 1 heterocycles. The first kappa shape index (κ1) is 13.2. The quantitative estimate of drug-likeness (QED) is 0.783. The lowest BCUT2D eigenvalue weighted by Gasteiger charge is -2.29. The van der Waals surface area contributed by atoms with E-state index in [1.54, 1.807) is 0 Å². The van der Waals surface area contributed by atoms with E-state index in [1.807, 2.05) is 0 Å². The highest BCUT2D eigenvalue weighted by Gasteiger charge is 2.27. The Kier molecular flexibility index (Phi) is 3.25. The Morgan fingerprint density at radius 3 is 2.50 bits per heavy atom. The van der Waals surface area contributed by atoms with Gasteiger partial charge in [-0.2, -0.15) is 0 Å². The molecule has 2 heteroatoms. The maximum atomic E-state index is 4.91. The van der Waals surface area contributed by atoms with Crippen LogP contribution in [0.3, 0.4) is 0 Å². The molecule has 0 radical (unpaired) electrons. The van der Waals surface area contributed by atoms with Gasteiger partial charge in [0.1, 0.15) is 0 Å². The molecule has 1 aliphatic heterocycles. The van der Waals surface area contributed by atoms with Crippen LogP contribution in [-0.4, -0.2) is 11.3 Å². The minimum atomic E-state index is 0.0998. The fourth-order valence-electron chi connectivity index (χ4n) is 2.87. The lowest BCUT2D eigenvalue weighted by atomic mass is 9.91. The molecule has 0 fully saturated rings. The van der Waals surface area contributed by atoms with Crippen LogP contribution in [0.5, 0.6) is 0 Å². The lowest BCUT2D eigenvalue weighted by molar-refractivity contribution is 0.514. The van der Waals surface area contributed by atoms with E-state index in [-0.39, 0.29) is 5.54 Å². The van der Waals surface area contributed by atoms with E-state index < -0.39 is 0 Å². The summed E-state index contributed by atoms with van der Waals surface area (Å²) in [5.41, 5.74) is 3.63. The molecule has 1 aliphatic rings. The topological polar surface area (TPSA) is 24.4 Å². The average Bonchev–Trinajstić information content (AvgIpc) is 2.60. The van der Waals surface area contributed by atoms with Gasteiger partial charge < -0.3 is 5.32 Å². The second-order valence-electron chi connectivity index (χ2n) is 5.96. The van der Waals surface area contributed by atoms with Gasteiger partial charge in [-0.1, -0.05) is 38.1 Å². The van der Waals surface area contributed by atoms with Crippen LogP contribution in [-0.2, 0) is 0 Å². The molecule has 0 amide bonds. The normalized spacial score (nSPS) is 21.9. The van der Waals surface area contributed by atoms with Crippen molar-refractivity contribution in [1.29, 1.82) is 0 Å². The molecule has 0 spiro atoms.